The molecule has 1 aliphatic heterocycles. The predicted molar refractivity (Wildman–Crippen MR) is 122 cm³/mol. The fraction of sp³-hybridized carbons (Fsp3) is 0.417. The molecule has 2 aromatic rings. The number of ether oxygens (including phenoxy) is 1. The first-order valence-electron chi connectivity index (χ1n) is 11.1. The van der Waals surface area contributed by atoms with Crippen molar-refractivity contribution in [1.82, 2.24) is 10.4 Å². The third kappa shape index (κ3) is 4.52. The minimum Gasteiger partial charge on any atom is -0.491 e. The van der Waals surface area contributed by atoms with Crippen LogP contribution < -0.4 is 15.6 Å². The average Bonchev–Trinajstić information content (AvgIpc) is 3.21. The summed E-state index contributed by atoms with van der Waals surface area (Å²) in [6.45, 7) is 6.24. The Kier molecular flexibility index (Phi) is 6.53. The minimum atomic E-state index is -1.09. The van der Waals surface area contributed by atoms with Crippen LogP contribution in [0.4, 0.5) is 0 Å². The molecule has 0 atom stereocenters. The van der Waals surface area contributed by atoms with E-state index in [9.17, 15) is 14.6 Å². The van der Waals surface area contributed by atoms with Crippen LogP contribution in [-0.4, -0.2) is 48.2 Å². The van der Waals surface area contributed by atoms with Gasteiger partial charge in [-0.15, -0.1) is 0 Å². The second-order valence-electron chi connectivity index (χ2n) is 8.66. The third-order valence-corrected chi connectivity index (χ3v) is 6.15. The Hall–Kier alpha value is -2.84. The molecule has 2 aliphatic rings. The number of carbonyl (C=O) groups excluding carboxylic acids is 2. The Morgan fingerprint density at radius 3 is 2.44 bits per heavy atom. The molecule has 1 fully saturated rings. The number of nitrogens with zero attached hydrogens (tertiary/aromatic N) is 1. The van der Waals surface area contributed by atoms with Gasteiger partial charge in [-0.25, -0.2) is 5.01 Å². The summed E-state index contributed by atoms with van der Waals surface area (Å²) in [4.78, 5) is 26.7. The van der Waals surface area contributed by atoms with Crippen molar-refractivity contribution in [2.45, 2.75) is 52.5 Å². The maximum absolute atomic E-state index is 13.4. The fourth-order valence-electron chi connectivity index (χ4n) is 4.62. The molecule has 2 N–H and O–H groups in total. The Balaban J connectivity index is 1.63. The van der Waals surface area contributed by atoms with E-state index in [0.29, 0.717) is 27.9 Å². The van der Waals surface area contributed by atoms with Gasteiger partial charge in [-0.1, -0.05) is 36.1 Å². The number of nitrogens with one attached hydrogen (secondary N) is 1. The first-order valence-corrected chi connectivity index (χ1v) is 11.1. The van der Waals surface area contributed by atoms with Crippen LogP contribution in [0.2, 0.25) is 0 Å². The summed E-state index contributed by atoms with van der Waals surface area (Å²) in [6.07, 6.45) is 3.76. The van der Waals surface area contributed by atoms with Crippen LogP contribution in [0.3, 0.4) is 0 Å². The molecular weight excluding hydrogens is 407 g/mol. The monoisotopic (exact) mass is 436 g/mol. The smallest absolute Gasteiger partial charge is 0.491 e. The van der Waals surface area contributed by atoms with Gasteiger partial charge in [-0.2, -0.15) is 0 Å². The number of aryl methyl sites for hydroxylation is 2. The number of rotatable bonds is 3. The lowest BCUT2D eigenvalue weighted by molar-refractivity contribution is 0.0485. The van der Waals surface area contributed by atoms with E-state index in [0.717, 1.165) is 36.8 Å². The van der Waals surface area contributed by atoms with Crippen molar-refractivity contribution in [2.24, 2.45) is 0 Å². The van der Waals surface area contributed by atoms with Gasteiger partial charge in [0, 0.05) is 22.2 Å². The highest BCUT2D eigenvalue weighted by Gasteiger charge is 2.32. The van der Waals surface area contributed by atoms with Gasteiger partial charge in [0.15, 0.2) is 0 Å². The lowest BCUT2D eigenvalue weighted by Gasteiger charge is -2.30. The van der Waals surface area contributed by atoms with E-state index in [4.69, 9.17) is 9.39 Å². The molecule has 2 amide bonds. The zero-order valence-electron chi connectivity index (χ0n) is 18.8. The molecule has 32 heavy (non-hydrogen) atoms. The second kappa shape index (κ2) is 9.34. The van der Waals surface area contributed by atoms with E-state index in [1.54, 1.807) is 19.1 Å². The molecule has 0 radical (unpaired) electrons. The number of carbonyl (C=O) groups is 2. The highest BCUT2D eigenvalue weighted by molar-refractivity contribution is 6.61. The van der Waals surface area contributed by atoms with Crippen molar-refractivity contribution in [3.63, 3.8) is 0 Å². The van der Waals surface area contributed by atoms with Crippen molar-refractivity contribution in [2.75, 3.05) is 13.2 Å². The predicted octanol–water partition coefficient (Wildman–Crippen LogP) is 2.44. The SMILES string of the molecule is Cc1cc(C)cc(C(=O)N(NC(=O)c2ccc3c(c2C)OCCOB3O)C2CCCC2)c1. The summed E-state index contributed by atoms with van der Waals surface area (Å²) in [5.41, 5.74) is 6.96. The van der Waals surface area contributed by atoms with E-state index >= 15 is 0 Å². The first kappa shape index (κ1) is 22.4. The zero-order chi connectivity index (χ0) is 22.8. The normalized spacial score (nSPS) is 16.2. The van der Waals surface area contributed by atoms with Crippen LogP contribution in [0.5, 0.6) is 5.75 Å². The fourth-order valence-corrected chi connectivity index (χ4v) is 4.62. The number of fused-ring (bicyclic) bond motifs is 1. The van der Waals surface area contributed by atoms with Gasteiger partial charge in [0.1, 0.15) is 12.4 Å². The molecule has 1 heterocycles. The summed E-state index contributed by atoms with van der Waals surface area (Å²) in [7, 11) is -1.09. The Morgan fingerprint density at radius 2 is 1.75 bits per heavy atom. The standard InChI is InChI=1S/C24H29BN2O5/c1-15-12-16(2)14-18(13-15)24(29)27(19-6-4-5-7-19)26-23(28)20-8-9-21-22(17(20)3)31-10-11-32-25(21)30/h8-9,12-14,19,30H,4-7,10-11H2,1-3H3,(H,26,28). The quantitative estimate of drug-likeness (QED) is 0.570. The van der Waals surface area contributed by atoms with Gasteiger partial charge in [-0.05, 0) is 51.8 Å². The van der Waals surface area contributed by atoms with Gasteiger partial charge in [-0.3, -0.25) is 15.0 Å². The summed E-state index contributed by atoms with van der Waals surface area (Å²) in [6, 6.07) is 8.96. The summed E-state index contributed by atoms with van der Waals surface area (Å²) >= 11 is 0. The maximum Gasteiger partial charge on any atom is 0.495 e. The molecule has 168 valence electrons. The average molecular weight is 436 g/mol. The molecule has 8 heteroatoms. The molecule has 0 spiro atoms. The van der Waals surface area contributed by atoms with Crippen LogP contribution in [0.25, 0.3) is 0 Å². The van der Waals surface area contributed by atoms with Crippen LogP contribution >= 0.6 is 0 Å². The maximum atomic E-state index is 13.4. The highest BCUT2D eigenvalue weighted by Crippen LogP contribution is 2.26. The number of amides is 2. The largest absolute Gasteiger partial charge is 0.495 e. The van der Waals surface area contributed by atoms with Crippen molar-refractivity contribution in [3.8, 4) is 5.75 Å². The third-order valence-electron chi connectivity index (χ3n) is 6.15. The Labute approximate surface area is 188 Å². The van der Waals surface area contributed by atoms with Crippen molar-refractivity contribution >= 4 is 24.4 Å². The molecule has 4 rings (SSSR count). The van der Waals surface area contributed by atoms with Crippen LogP contribution in [0.1, 0.15) is 63.1 Å². The lowest BCUT2D eigenvalue weighted by Crippen LogP contribution is -2.51. The van der Waals surface area contributed by atoms with Crippen LogP contribution in [0.15, 0.2) is 30.3 Å². The van der Waals surface area contributed by atoms with E-state index in [1.165, 1.54) is 5.01 Å². The Bertz CT molecular complexity index is 1020. The molecule has 0 saturated heterocycles. The number of hydrazine groups is 1. The van der Waals surface area contributed by atoms with Gasteiger partial charge in [0.25, 0.3) is 11.8 Å². The molecular formula is C24H29BN2O5. The Morgan fingerprint density at radius 1 is 1.06 bits per heavy atom. The summed E-state index contributed by atoms with van der Waals surface area (Å²) in [5.74, 6) is -0.126. The minimum absolute atomic E-state index is 0.0418. The molecule has 1 saturated carbocycles. The van der Waals surface area contributed by atoms with Crippen molar-refractivity contribution in [1.29, 1.82) is 0 Å². The number of benzene rings is 2. The molecule has 0 aromatic heterocycles. The van der Waals surface area contributed by atoms with E-state index < -0.39 is 7.12 Å². The van der Waals surface area contributed by atoms with Crippen molar-refractivity contribution in [3.05, 3.63) is 58.1 Å². The summed E-state index contributed by atoms with van der Waals surface area (Å²) in [5, 5.41) is 11.7. The summed E-state index contributed by atoms with van der Waals surface area (Å²) < 4.78 is 11.0. The zero-order valence-corrected chi connectivity index (χ0v) is 18.8. The van der Waals surface area contributed by atoms with E-state index in [2.05, 4.69) is 5.43 Å². The highest BCUT2D eigenvalue weighted by atomic mass is 16.6. The van der Waals surface area contributed by atoms with Gasteiger partial charge in [0.05, 0.1) is 12.6 Å². The molecule has 2 aromatic carbocycles. The molecule has 7 nitrogen and oxygen atoms in total. The number of hydrogen-bond acceptors (Lipinski definition) is 5. The number of hydrogen-bond donors (Lipinski definition) is 2. The molecule has 0 unspecified atom stereocenters. The van der Waals surface area contributed by atoms with Gasteiger partial charge < -0.3 is 14.4 Å². The van der Waals surface area contributed by atoms with E-state index in [1.807, 2.05) is 32.0 Å². The second-order valence-corrected chi connectivity index (χ2v) is 8.66. The van der Waals surface area contributed by atoms with Crippen LogP contribution in [-0.2, 0) is 4.65 Å². The van der Waals surface area contributed by atoms with Gasteiger partial charge in [0.2, 0.25) is 0 Å². The van der Waals surface area contributed by atoms with Crippen LogP contribution in [0, 0.1) is 20.8 Å². The van der Waals surface area contributed by atoms with Gasteiger partial charge >= 0.3 is 7.12 Å². The van der Waals surface area contributed by atoms with E-state index in [-0.39, 0.29) is 31.1 Å². The lowest BCUT2D eigenvalue weighted by atomic mass is 9.77. The first-order chi connectivity index (χ1) is 15.3. The topological polar surface area (TPSA) is 88.1 Å². The van der Waals surface area contributed by atoms with Crippen molar-refractivity contribution < 1.29 is 24.0 Å². The molecule has 0 bridgehead atoms. The molecule has 1 aliphatic carbocycles.